The molecule has 1 atom stereocenters. The molecule has 7 nitrogen and oxygen atoms in total. The number of ether oxygens (including phenoxy) is 1. The molecule has 0 saturated carbocycles. The zero-order valence-electron chi connectivity index (χ0n) is 15.2. The van der Waals surface area contributed by atoms with E-state index in [1.54, 1.807) is 19.0 Å². The van der Waals surface area contributed by atoms with Crippen LogP contribution in [0.5, 0.6) is 0 Å². The monoisotopic (exact) mass is 453 g/mol. The first kappa shape index (κ1) is 21.4. The Balaban J connectivity index is 0.00000288. The molecular formula is C16H32IN5O2. The number of aliphatic imine (C=N–C) groups is 1. The number of carbonyl (C=O) groups excluding carboxylic acids is 1. The van der Waals surface area contributed by atoms with Gasteiger partial charge in [-0.25, -0.2) is 4.99 Å². The highest BCUT2D eigenvalue weighted by molar-refractivity contribution is 14.0. The van der Waals surface area contributed by atoms with Crippen molar-refractivity contribution >= 4 is 35.8 Å². The molecule has 2 fully saturated rings. The van der Waals surface area contributed by atoms with E-state index in [4.69, 9.17) is 4.74 Å². The summed E-state index contributed by atoms with van der Waals surface area (Å²) in [6.07, 6.45) is 2.19. The SMILES string of the molecule is CCCNC(=NCC(=O)N(C)C)N1CCC(N2CCOCC2)C1.I. The van der Waals surface area contributed by atoms with Gasteiger partial charge < -0.3 is 19.9 Å². The molecule has 1 unspecified atom stereocenters. The van der Waals surface area contributed by atoms with Crippen molar-refractivity contribution < 1.29 is 9.53 Å². The number of likely N-dealkylation sites (N-methyl/N-ethyl adjacent to an activating group) is 1. The molecule has 2 rings (SSSR count). The molecule has 2 heterocycles. The number of hydrogen-bond acceptors (Lipinski definition) is 4. The van der Waals surface area contributed by atoms with Crippen LogP contribution in [0.4, 0.5) is 0 Å². The topological polar surface area (TPSA) is 60.4 Å². The van der Waals surface area contributed by atoms with Crippen LogP contribution in [0, 0.1) is 0 Å². The molecule has 1 amide bonds. The van der Waals surface area contributed by atoms with Crippen molar-refractivity contribution in [3.8, 4) is 0 Å². The van der Waals surface area contributed by atoms with Crippen molar-refractivity contribution in [3.05, 3.63) is 0 Å². The van der Waals surface area contributed by atoms with Crippen LogP contribution in [0.1, 0.15) is 19.8 Å². The number of guanidine groups is 1. The highest BCUT2D eigenvalue weighted by Gasteiger charge is 2.30. The van der Waals surface area contributed by atoms with E-state index in [-0.39, 0.29) is 36.4 Å². The van der Waals surface area contributed by atoms with Crippen molar-refractivity contribution in [2.75, 3.05) is 66.6 Å². The molecule has 2 aliphatic heterocycles. The van der Waals surface area contributed by atoms with Gasteiger partial charge in [0.25, 0.3) is 0 Å². The first-order valence-electron chi connectivity index (χ1n) is 8.67. The largest absolute Gasteiger partial charge is 0.379 e. The molecule has 0 aromatic carbocycles. The molecule has 2 saturated heterocycles. The van der Waals surface area contributed by atoms with Gasteiger partial charge in [-0.1, -0.05) is 6.92 Å². The number of likely N-dealkylation sites (tertiary alicyclic amines) is 1. The molecular weight excluding hydrogens is 421 g/mol. The third-order valence-corrected chi connectivity index (χ3v) is 4.42. The summed E-state index contributed by atoms with van der Waals surface area (Å²) < 4.78 is 5.44. The van der Waals surface area contributed by atoms with E-state index in [9.17, 15) is 4.79 Å². The minimum Gasteiger partial charge on any atom is -0.379 e. The summed E-state index contributed by atoms with van der Waals surface area (Å²) in [7, 11) is 3.53. The molecule has 0 aromatic rings. The second-order valence-corrected chi connectivity index (χ2v) is 6.39. The van der Waals surface area contributed by atoms with Crippen molar-refractivity contribution in [2.45, 2.75) is 25.8 Å². The van der Waals surface area contributed by atoms with E-state index in [0.29, 0.717) is 6.04 Å². The van der Waals surface area contributed by atoms with Crippen LogP contribution in [0.3, 0.4) is 0 Å². The van der Waals surface area contributed by atoms with Gasteiger partial charge >= 0.3 is 0 Å². The standard InChI is InChI=1S/C16H31N5O2.HI/c1-4-6-17-16(18-12-15(22)19(2)3)21-7-5-14(13-21)20-8-10-23-11-9-20;/h14H,4-13H2,1-3H3,(H,17,18);1H. The predicted molar refractivity (Wildman–Crippen MR) is 107 cm³/mol. The van der Waals surface area contributed by atoms with Crippen LogP contribution >= 0.6 is 24.0 Å². The molecule has 8 heteroatoms. The summed E-state index contributed by atoms with van der Waals surface area (Å²) in [4.78, 5) is 22.7. The maximum Gasteiger partial charge on any atom is 0.243 e. The molecule has 0 aliphatic carbocycles. The fourth-order valence-electron chi connectivity index (χ4n) is 2.96. The number of nitrogens with one attached hydrogen (secondary N) is 1. The van der Waals surface area contributed by atoms with Crippen LogP contribution in [-0.2, 0) is 9.53 Å². The summed E-state index contributed by atoms with van der Waals surface area (Å²) in [5.74, 6) is 0.905. The van der Waals surface area contributed by atoms with Gasteiger partial charge in [-0.3, -0.25) is 9.69 Å². The fourth-order valence-corrected chi connectivity index (χ4v) is 2.96. The maximum atomic E-state index is 11.8. The Morgan fingerprint density at radius 2 is 2.00 bits per heavy atom. The molecule has 0 radical (unpaired) electrons. The molecule has 0 aromatic heterocycles. The summed E-state index contributed by atoms with van der Waals surface area (Å²) in [5, 5.41) is 3.39. The zero-order chi connectivity index (χ0) is 16.7. The van der Waals surface area contributed by atoms with Gasteiger partial charge in [-0.2, -0.15) is 0 Å². The first-order valence-corrected chi connectivity index (χ1v) is 8.67. The minimum atomic E-state index is 0. The van der Waals surface area contributed by atoms with Crippen molar-refractivity contribution in [1.82, 2.24) is 20.0 Å². The number of nitrogens with zero attached hydrogens (tertiary/aromatic N) is 4. The zero-order valence-corrected chi connectivity index (χ0v) is 17.5. The number of morpholine rings is 1. The number of amides is 1. The molecule has 140 valence electrons. The van der Waals surface area contributed by atoms with E-state index < -0.39 is 0 Å². The Morgan fingerprint density at radius 3 is 2.62 bits per heavy atom. The Hall–Kier alpha value is -0.610. The minimum absolute atomic E-state index is 0. The summed E-state index contributed by atoms with van der Waals surface area (Å²) >= 11 is 0. The lowest BCUT2D eigenvalue weighted by atomic mass is 10.2. The lowest BCUT2D eigenvalue weighted by Gasteiger charge is -2.32. The second kappa shape index (κ2) is 11.1. The number of halogens is 1. The normalized spacial score (nSPS) is 22.2. The van der Waals surface area contributed by atoms with Crippen LogP contribution in [0.15, 0.2) is 4.99 Å². The van der Waals surface area contributed by atoms with E-state index in [0.717, 1.165) is 64.7 Å². The van der Waals surface area contributed by atoms with Gasteiger partial charge in [0.15, 0.2) is 5.96 Å². The third-order valence-electron chi connectivity index (χ3n) is 4.42. The van der Waals surface area contributed by atoms with E-state index in [1.165, 1.54) is 0 Å². The first-order chi connectivity index (χ1) is 11.1. The highest BCUT2D eigenvalue weighted by Crippen LogP contribution is 2.17. The van der Waals surface area contributed by atoms with Crippen molar-refractivity contribution in [2.24, 2.45) is 4.99 Å². The van der Waals surface area contributed by atoms with Gasteiger partial charge in [0.05, 0.1) is 13.2 Å². The Kier molecular flexibility index (Phi) is 9.91. The molecule has 0 spiro atoms. The Morgan fingerprint density at radius 1 is 1.29 bits per heavy atom. The van der Waals surface area contributed by atoms with Gasteiger partial charge in [0.1, 0.15) is 6.54 Å². The molecule has 24 heavy (non-hydrogen) atoms. The molecule has 2 aliphatic rings. The lowest BCUT2D eigenvalue weighted by molar-refractivity contribution is -0.127. The van der Waals surface area contributed by atoms with Crippen molar-refractivity contribution in [1.29, 1.82) is 0 Å². The fraction of sp³-hybridized carbons (Fsp3) is 0.875. The van der Waals surface area contributed by atoms with Gasteiger partial charge in [0.2, 0.25) is 5.91 Å². The average Bonchev–Trinajstić information content (AvgIpc) is 3.05. The van der Waals surface area contributed by atoms with Crippen LogP contribution in [0.25, 0.3) is 0 Å². The van der Waals surface area contributed by atoms with Crippen LogP contribution in [-0.4, -0.2) is 99.2 Å². The quantitative estimate of drug-likeness (QED) is 0.373. The number of rotatable bonds is 5. The van der Waals surface area contributed by atoms with E-state index in [1.807, 2.05) is 0 Å². The average molecular weight is 453 g/mol. The van der Waals surface area contributed by atoms with Crippen LogP contribution < -0.4 is 5.32 Å². The van der Waals surface area contributed by atoms with E-state index >= 15 is 0 Å². The van der Waals surface area contributed by atoms with Gasteiger partial charge in [0, 0.05) is 52.9 Å². The van der Waals surface area contributed by atoms with E-state index in [2.05, 4.69) is 27.0 Å². The summed E-state index contributed by atoms with van der Waals surface area (Å²) in [6, 6.07) is 0.567. The molecule has 0 bridgehead atoms. The highest BCUT2D eigenvalue weighted by atomic mass is 127. The summed E-state index contributed by atoms with van der Waals surface area (Å²) in [5.41, 5.74) is 0. The van der Waals surface area contributed by atoms with Gasteiger partial charge in [-0.05, 0) is 12.8 Å². The van der Waals surface area contributed by atoms with Gasteiger partial charge in [-0.15, -0.1) is 24.0 Å². The maximum absolute atomic E-state index is 11.8. The Bertz CT molecular complexity index is 413. The van der Waals surface area contributed by atoms with Crippen LogP contribution in [0.2, 0.25) is 0 Å². The Labute approximate surface area is 162 Å². The number of hydrogen-bond donors (Lipinski definition) is 1. The smallest absolute Gasteiger partial charge is 0.243 e. The number of carbonyl (C=O) groups is 1. The molecule has 1 N–H and O–H groups in total. The lowest BCUT2D eigenvalue weighted by Crippen LogP contribution is -2.47. The second-order valence-electron chi connectivity index (χ2n) is 6.39. The van der Waals surface area contributed by atoms with Crippen molar-refractivity contribution in [3.63, 3.8) is 0 Å². The third kappa shape index (κ3) is 6.36. The predicted octanol–water partition coefficient (Wildman–Crippen LogP) is 0.455. The summed E-state index contributed by atoms with van der Waals surface area (Å²) in [6.45, 7) is 8.91.